The maximum absolute atomic E-state index is 12.3. The minimum atomic E-state index is -0.610. The van der Waals surface area contributed by atoms with E-state index in [1.165, 1.54) is 4.90 Å². The van der Waals surface area contributed by atoms with E-state index >= 15 is 0 Å². The molecular formula is C16H20ClNO5. The lowest BCUT2D eigenvalue weighted by Gasteiger charge is -2.22. The molecule has 6 nitrogen and oxygen atoms in total. The van der Waals surface area contributed by atoms with Crippen molar-refractivity contribution >= 4 is 35.1 Å². The zero-order valence-electron chi connectivity index (χ0n) is 13.2. The zero-order chi connectivity index (χ0) is 17.2. The van der Waals surface area contributed by atoms with Crippen LogP contribution < -0.4 is 4.90 Å². The summed E-state index contributed by atoms with van der Waals surface area (Å²) in [7, 11) is 0. The summed E-state index contributed by atoms with van der Waals surface area (Å²) >= 11 is 5.94. The molecule has 0 unspecified atom stereocenters. The topological polar surface area (TPSA) is 72.9 Å². The van der Waals surface area contributed by atoms with Gasteiger partial charge < -0.3 is 14.4 Å². The van der Waals surface area contributed by atoms with E-state index in [1.54, 1.807) is 38.1 Å². The Morgan fingerprint density at radius 3 is 2.35 bits per heavy atom. The monoisotopic (exact) mass is 341 g/mol. The van der Waals surface area contributed by atoms with Crippen molar-refractivity contribution in [3.8, 4) is 0 Å². The van der Waals surface area contributed by atoms with Crippen LogP contribution in [0.2, 0.25) is 5.02 Å². The maximum Gasteiger partial charge on any atom is 0.315 e. The van der Waals surface area contributed by atoms with Crippen LogP contribution in [0.3, 0.4) is 0 Å². The van der Waals surface area contributed by atoms with Gasteiger partial charge in [0.15, 0.2) is 0 Å². The molecule has 0 radical (unpaired) electrons. The van der Waals surface area contributed by atoms with E-state index in [9.17, 15) is 14.4 Å². The Bertz CT molecular complexity index is 561. The third-order valence-electron chi connectivity index (χ3n) is 2.87. The number of nitrogens with zero attached hydrogens (tertiary/aromatic N) is 1. The van der Waals surface area contributed by atoms with E-state index in [-0.39, 0.29) is 26.2 Å². The minimum absolute atomic E-state index is 0.0227. The number of halogens is 1. The summed E-state index contributed by atoms with van der Waals surface area (Å²) in [5.41, 5.74) is 0.510. The van der Waals surface area contributed by atoms with E-state index < -0.39 is 24.3 Å². The van der Waals surface area contributed by atoms with Crippen LogP contribution in [0.15, 0.2) is 24.3 Å². The number of hydrogen-bond donors (Lipinski definition) is 0. The molecule has 1 aromatic carbocycles. The quantitative estimate of drug-likeness (QED) is 0.536. The van der Waals surface area contributed by atoms with Crippen molar-refractivity contribution in [2.24, 2.45) is 0 Å². The van der Waals surface area contributed by atoms with Crippen molar-refractivity contribution in [2.75, 3.05) is 24.7 Å². The average Bonchev–Trinajstić information content (AvgIpc) is 2.48. The summed E-state index contributed by atoms with van der Waals surface area (Å²) in [5.74, 6) is -1.49. The Kier molecular flexibility index (Phi) is 8.11. The SMILES string of the molecule is CCOC(=O)CCN(C(=O)CC(=O)OCC)c1cccc(Cl)c1. The third-order valence-corrected chi connectivity index (χ3v) is 3.10. The molecule has 0 aromatic heterocycles. The molecule has 0 fully saturated rings. The van der Waals surface area contributed by atoms with Gasteiger partial charge in [-0.25, -0.2) is 0 Å². The van der Waals surface area contributed by atoms with Crippen molar-refractivity contribution in [1.29, 1.82) is 0 Å². The van der Waals surface area contributed by atoms with Gasteiger partial charge in [0.2, 0.25) is 5.91 Å². The second kappa shape index (κ2) is 9.84. The van der Waals surface area contributed by atoms with Gasteiger partial charge in [0, 0.05) is 17.3 Å². The van der Waals surface area contributed by atoms with Gasteiger partial charge in [0.05, 0.1) is 19.6 Å². The van der Waals surface area contributed by atoms with E-state index in [0.717, 1.165) is 0 Å². The fraction of sp³-hybridized carbons (Fsp3) is 0.438. The Morgan fingerprint density at radius 1 is 1.09 bits per heavy atom. The highest BCUT2D eigenvalue weighted by Crippen LogP contribution is 2.21. The smallest absolute Gasteiger partial charge is 0.315 e. The molecule has 0 aliphatic rings. The highest BCUT2D eigenvalue weighted by molar-refractivity contribution is 6.31. The molecule has 1 aromatic rings. The van der Waals surface area contributed by atoms with Crippen LogP contribution in [0.4, 0.5) is 5.69 Å². The van der Waals surface area contributed by atoms with Crippen LogP contribution in [0.25, 0.3) is 0 Å². The lowest BCUT2D eigenvalue weighted by Crippen LogP contribution is -2.35. The largest absolute Gasteiger partial charge is 0.466 e. The molecule has 0 aliphatic carbocycles. The number of anilines is 1. The van der Waals surface area contributed by atoms with E-state index in [2.05, 4.69) is 0 Å². The maximum atomic E-state index is 12.3. The first-order valence-electron chi connectivity index (χ1n) is 7.35. The van der Waals surface area contributed by atoms with E-state index in [0.29, 0.717) is 10.7 Å². The lowest BCUT2D eigenvalue weighted by molar-refractivity contribution is -0.145. The lowest BCUT2D eigenvalue weighted by atomic mass is 10.2. The molecule has 0 aliphatic heterocycles. The molecule has 0 atom stereocenters. The Hall–Kier alpha value is -2.08. The molecule has 126 valence electrons. The number of amides is 1. The van der Waals surface area contributed by atoms with Crippen molar-refractivity contribution < 1.29 is 23.9 Å². The Morgan fingerprint density at radius 2 is 1.74 bits per heavy atom. The van der Waals surface area contributed by atoms with Crippen molar-refractivity contribution in [3.05, 3.63) is 29.3 Å². The summed E-state index contributed by atoms with van der Waals surface area (Å²) in [5, 5.41) is 0.451. The second-order valence-corrected chi connectivity index (χ2v) is 5.00. The molecule has 0 bridgehead atoms. The predicted octanol–water partition coefficient (Wildman–Crippen LogP) is 2.58. The number of hydrogen-bond acceptors (Lipinski definition) is 5. The van der Waals surface area contributed by atoms with Gasteiger partial charge in [-0.15, -0.1) is 0 Å². The molecule has 1 rings (SSSR count). The summed E-state index contributed by atoms with van der Waals surface area (Å²) in [6.07, 6.45) is -0.377. The van der Waals surface area contributed by atoms with Gasteiger partial charge in [0.25, 0.3) is 0 Å². The van der Waals surface area contributed by atoms with Crippen LogP contribution in [-0.2, 0) is 23.9 Å². The number of rotatable bonds is 8. The molecule has 7 heteroatoms. The number of carbonyl (C=O) groups excluding carboxylic acids is 3. The van der Waals surface area contributed by atoms with Gasteiger partial charge in [-0.2, -0.15) is 0 Å². The highest BCUT2D eigenvalue weighted by atomic mass is 35.5. The van der Waals surface area contributed by atoms with E-state index in [1.807, 2.05) is 0 Å². The number of ether oxygens (including phenoxy) is 2. The van der Waals surface area contributed by atoms with Crippen molar-refractivity contribution in [3.63, 3.8) is 0 Å². The van der Waals surface area contributed by atoms with E-state index in [4.69, 9.17) is 21.1 Å². The first-order chi connectivity index (χ1) is 11.0. The Labute approximate surface area is 140 Å². The van der Waals surface area contributed by atoms with Crippen molar-refractivity contribution in [2.45, 2.75) is 26.7 Å². The minimum Gasteiger partial charge on any atom is -0.466 e. The van der Waals surface area contributed by atoms with Crippen LogP contribution in [0.5, 0.6) is 0 Å². The number of esters is 2. The summed E-state index contributed by atoms with van der Waals surface area (Å²) < 4.78 is 9.64. The standard InChI is InChI=1S/C16H20ClNO5/c1-3-22-15(20)8-9-18(13-7-5-6-12(17)10-13)14(19)11-16(21)23-4-2/h5-7,10H,3-4,8-9,11H2,1-2H3. The van der Waals surface area contributed by atoms with Gasteiger partial charge in [-0.1, -0.05) is 17.7 Å². The average molecular weight is 342 g/mol. The van der Waals surface area contributed by atoms with Crippen LogP contribution in [0.1, 0.15) is 26.7 Å². The zero-order valence-corrected chi connectivity index (χ0v) is 14.0. The van der Waals surface area contributed by atoms with Crippen molar-refractivity contribution in [1.82, 2.24) is 0 Å². The number of benzene rings is 1. The number of carbonyl (C=O) groups is 3. The van der Waals surface area contributed by atoms with Gasteiger partial charge >= 0.3 is 11.9 Å². The summed E-state index contributed by atoms with van der Waals surface area (Å²) in [4.78, 5) is 36.7. The molecule has 0 N–H and O–H groups in total. The van der Waals surface area contributed by atoms with Crippen LogP contribution >= 0.6 is 11.6 Å². The summed E-state index contributed by atoms with van der Waals surface area (Å²) in [6, 6.07) is 6.63. The second-order valence-electron chi connectivity index (χ2n) is 4.56. The summed E-state index contributed by atoms with van der Waals surface area (Å²) in [6.45, 7) is 3.94. The van der Waals surface area contributed by atoms with Crippen LogP contribution in [-0.4, -0.2) is 37.6 Å². The molecule has 0 saturated heterocycles. The first-order valence-corrected chi connectivity index (χ1v) is 7.72. The normalized spacial score (nSPS) is 10.0. The first kappa shape index (κ1) is 19.0. The highest BCUT2D eigenvalue weighted by Gasteiger charge is 2.21. The van der Waals surface area contributed by atoms with Gasteiger partial charge in [0.1, 0.15) is 6.42 Å². The molecular weight excluding hydrogens is 322 g/mol. The third kappa shape index (κ3) is 6.69. The van der Waals surface area contributed by atoms with Gasteiger partial charge in [-0.05, 0) is 32.0 Å². The van der Waals surface area contributed by atoms with Crippen LogP contribution in [0, 0.1) is 0 Å². The fourth-order valence-electron chi connectivity index (χ4n) is 1.91. The Balaban J connectivity index is 2.85. The molecule has 0 saturated carbocycles. The molecule has 0 spiro atoms. The predicted molar refractivity (Wildman–Crippen MR) is 86.3 cm³/mol. The fourth-order valence-corrected chi connectivity index (χ4v) is 2.09. The molecule has 0 heterocycles. The molecule has 1 amide bonds. The van der Waals surface area contributed by atoms with Gasteiger partial charge in [-0.3, -0.25) is 14.4 Å². The molecule has 23 heavy (non-hydrogen) atoms.